The molecule has 2 atom stereocenters. The molecule has 0 fully saturated rings. The van der Waals surface area contributed by atoms with Crippen molar-refractivity contribution >= 4 is 10.0 Å². The highest BCUT2D eigenvalue weighted by molar-refractivity contribution is 7.89. The summed E-state index contributed by atoms with van der Waals surface area (Å²) in [5, 5.41) is 8.19. The van der Waals surface area contributed by atoms with Crippen LogP contribution >= 0.6 is 0 Å². The lowest BCUT2D eigenvalue weighted by molar-refractivity contribution is 0.524. The minimum Gasteiger partial charge on any atom is -0.317 e. The van der Waals surface area contributed by atoms with Gasteiger partial charge in [-0.2, -0.15) is 0 Å². The predicted octanol–water partition coefficient (Wildman–Crippen LogP) is 1.05. The summed E-state index contributed by atoms with van der Waals surface area (Å²) in [7, 11) is -1.68. The molecule has 0 amide bonds. The Morgan fingerprint density at radius 1 is 1.19 bits per heavy atom. The van der Waals surface area contributed by atoms with Crippen LogP contribution in [0.3, 0.4) is 0 Å². The average molecular weight is 242 g/mol. The molecular weight excluding hydrogens is 224 g/mol. The van der Waals surface area contributed by atoms with Gasteiger partial charge in [-0.1, -0.05) is 19.1 Å². The van der Waals surface area contributed by atoms with Crippen LogP contribution in [0.4, 0.5) is 0 Å². The van der Waals surface area contributed by atoms with E-state index in [1.54, 1.807) is 24.3 Å². The van der Waals surface area contributed by atoms with Gasteiger partial charge in [-0.15, -0.1) is 0 Å². The molecule has 0 aliphatic carbocycles. The summed E-state index contributed by atoms with van der Waals surface area (Å²) >= 11 is 0. The molecule has 3 N–H and O–H groups in total. The fourth-order valence-electron chi connectivity index (χ4n) is 1.50. The third-order valence-electron chi connectivity index (χ3n) is 2.94. The van der Waals surface area contributed by atoms with Gasteiger partial charge >= 0.3 is 0 Å². The number of primary sulfonamides is 1. The molecule has 1 aromatic carbocycles. The Morgan fingerprint density at radius 3 is 2.06 bits per heavy atom. The Labute approximate surface area is 96.9 Å². The van der Waals surface area contributed by atoms with Crippen molar-refractivity contribution in [2.75, 3.05) is 7.05 Å². The smallest absolute Gasteiger partial charge is 0.238 e. The van der Waals surface area contributed by atoms with Crippen LogP contribution in [0.15, 0.2) is 29.2 Å². The van der Waals surface area contributed by atoms with Crippen LogP contribution in [0, 0.1) is 0 Å². The third-order valence-corrected chi connectivity index (χ3v) is 3.87. The van der Waals surface area contributed by atoms with E-state index in [0.717, 1.165) is 5.56 Å². The SMILES string of the molecule is CNC(C)C(C)c1ccc(S(N)(=O)=O)cc1. The lowest BCUT2D eigenvalue weighted by atomic mass is 9.95. The zero-order valence-corrected chi connectivity index (χ0v) is 10.6. The van der Waals surface area contributed by atoms with Gasteiger partial charge in [0.15, 0.2) is 0 Å². The van der Waals surface area contributed by atoms with Crippen LogP contribution in [-0.2, 0) is 10.0 Å². The first-order valence-corrected chi connectivity index (χ1v) is 6.71. The lowest BCUT2D eigenvalue weighted by Crippen LogP contribution is -2.27. The maximum absolute atomic E-state index is 11.1. The maximum atomic E-state index is 11.1. The van der Waals surface area contributed by atoms with Crippen molar-refractivity contribution in [2.24, 2.45) is 5.14 Å². The van der Waals surface area contributed by atoms with Gasteiger partial charge < -0.3 is 5.32 Å². The Balaban J connectivity index is 2.96. The van der Waals surface area contributed by atoms with E-state index in [0.29, 0.717) is 12.0 Å². The number of nitrogens with one attached hydrogen (secondary N) is 1. The highest BCUT2D eigenvalue weighted by atomic mass is 32.2. The summed E-state index contributed by atoms with van der Waals surface area (Å²) in [6.45, 7) is 4.17. The Hall–Kier alpha value is -0.910. The molecule has 4 nitrogen and oxygen atoms in total. The highest BCUT2D eigenvalue weighted by Crippen LogP contribution is 2.20. The van der Waals surface area contributed by atoms with Crippen LogP contribution in [0.1, 0.15) is 25.3 Å². The van der Waals surface area contributed by atoms with Gasteiger partial charge in [0.1, 0.15) is 0 Å². The van der Waals surface area contributed by atoms with Crippen LogP contribution in [0.5, 0.6) is 0 Å². The molecule has 0 radical (unpaired) electrons. The van der Waals surface area contributed by atoms with E-state index < -0.39 is 10.0 Å². The van der Waals surface area contributed by atoms with Crippen molar-refractivity contribution in [1.82, 2.24) is 5.32 Å². The zero-order valence-electron chi connectivity index (χ0n) is 9.77. The van der Waals surface area contributed by atoms with Crippen LogP contribution < -0.4 is 10.5 Å². The summed E-state index contributed by atoms with van der Waals surface area (Å²) in [4.78, 5) is 0.153. The molecule has 16 heavy (non-hydrogen) atoms. The molecule has 0 aliphatic rings. The molecule has 90 valence electrons. The van der Waals surface area contributed by atoms with Crippen molar-refractivity contribution < 1.29 is 8.42 Å². The lowest BCUT2D eigenvalue weighted by Gasteiger charge is -2.19. The van der Waals surface area contributed by atoms with Crippen molar-refractivity contribution in [3.63, 3.8) is 0 Å². The maximum Gasteiger partial charge on any atom is 0.238 e. The first kappa shape index (κ1) is 13.2. The van der Waals surface area contributed by atoms with Gasteiger partial charge in [-0.05, 0) is 37.6 Å². The van der Waals surface area contributed by atoms with E-state index in [1.165, 1.54) is 0 Å². The van der Waals surface area contributed by atoms with Gasteiger partial charge in [0.05, 0.1) is 4.90 Å². The van der Waals surface area contributed by atoms with Gasteiger partial charge in [0.2, 0.25) is 10.0 Å². The first-order chi connectivity index (χ1) is 7.36. The van der Waals surface area contributed by atoms with E-state index in [-0.39, 0.29) is 4.90 Å². The molecular formula is C11H18N2O2S. The normalized spacial score (nSPS) is 15.8. The Morgan fingerprint density at radius 2 is 1.69 bits per heavy atom. The van der Waals surface area contributed by atoms with E-state index in [2.05, 4.69) is 19.2 Å². The van der Waals surface area contributed by atoms with Crippen molar-refractivity contribution in [3.05, 3.63) is 29.8 Å². The highest BCUT2D eigenvalue weighted by Gasteiger charge is 2.13. The standard InChI is InChI=1S/C11H18N2O2S/c1-8(9(2)13-3)10-4-6-11(7-5-10)16(12,14)15/h4-9,13H,1-3H3,(H2,12,14,15). The number of hydrogen-bond donors (Lipinski definition) is 2. The summed E-state index contributed by atoms with van der Waals surface area (Å²) < 4.78 is 22.1. The summed E-state index contributed by atoms with van der Waals surface area (Å²) in [6, 6.07) is 7.03. The summed E-state index contributed by atoms with van der Waals surface area (Å²) in [5.74, 6) is 0.319. The fraction of sp³-hybridized carbons (Fsp3) is 0.455. The third kappa shape index (κ3) is 3.04. The number of benzene rings is 1. The molecule has 0 spiro atoms. The monoisotopic (exact) mass is 242 g/mol. The van der Waals surface area contributed by atoms with Gasteiger partial charge in [-0.3, -0.25) is 0 Å². The number of rotatable bonds is 4. The van der Waals surface area contributed by atoms with Gasteiger partial charge in [0, 0.05) is 6.04 Å². The number of sulfonamides is 1. The first-order valence-electron chi connectivity index (χ1n) is 5.16. The van der Waals surface area contributed by atoms with Crippen LogP contribution in [0.2, 0.25) is 0 Å². The second kappa shape index (κ2) is 4.95. The summed E-state index contributed by atoms with van der Waals surface area (Å²) in [6.07, 6.45) is 0. The van der Waals surface area contributed by atoms with Crippen molar-refractivity contribution in [2.45, 2.75) is 30.7 Å². The molecule has 1 rings (SSSR count). The molecule has 0 saturated carbocycles. The molecule has 0 saturated heterocycles. The quantitative estimate of drug-likeness (QED) is 0.828. The van der Waals surface area contributed by atoms with Crippen molar-refractivity contribution in [1.29, 1.82) is 0 Å². The molecule has 0 bridgehead atoms. The largest absolute Gasteiger partial charge is 0.317 e. The average Bonchev–Trinajstić information content (AvgIpc) is 2.26. The molecule has 0 heterocycles. The molecule has 0 aliphatic heterocycles. The number of hydrogen-bond acceptors (Lipinski definition) is 3. The minimum absolute atomic E-state index is 0.153. The topological polar surface area (TPSA) is 72.2 Å². The second-order valence-electron chi connectivity index (χ2n) is 3.98. The number of likely N-dealkylation sites (N-methyl/N-ethyl adjacent to an activating group) is 1. The summed E-state index contributed by atoms with van der Waals surface area (Å²) in [5.41, 5.74) is 1.09. The molecule has 2 unspecified atom stereocenters. The van der Waals surface area contributed by atoms with E-state index >= 15 is 0 Å². The molecule has 1 aromatic rings. The van der Waals surface area contributed by atoms with Gasteiger partial charge in [0.25, 0.3) is 0 Å². The Bertz CT molecular complexity index is 440. The molecule has 5 heteroatoms. The zero-order chi connectivity index (χ0) is 12.3. The Kier molecular flexibility index (Phi) is 4.07. The van der Waals surface area contributed by atoms with E-state index in [9.17, 15) is 8.42 Å². The minimum atomic E-state index is -3.59. The van der Waals surface area contributed by atoms with Crippen LogP contribution in [0.25, 0.3) is 0 Å². The van der Waals surface area contributed by atoms with Gasteiger partial charge in [-0.25, -0.2) is 13.6 Å². The fourth-order valence-corrected chi connectivity index (χ4v) is 2.02. The van der Waals surface area contributed by atoms with E-state index in [1.807, 2.05) is 7.05 Å². The second-order valence-corrected chi connectivity index (χ2v) is 5.54. The van der Waals surface area contributed by atoms with Crippen LogP contribution in [-0.4, -0.2) is 21.5 Å². The van der Waals surface area contributed by atoms with E-state index in [4.69, 9.17) is 5.14 Å². The number of nitrogens with two attached hydrogens (primary N) is 1. The molecule has 0 aromatic heterocycles. The predicted molar refractivity (Wildman–Crippen MR) is 64.8 cm³/mol. The van der Waals surface area contributed by atoms with Crippen molar-refractivity contribution in [3.8, 4) is 0 Å².